The van der Waals surface area contributed by atoms with Gasteiger partial charge in [-0.05, 0) is 29.8 Å². The van der Waals surface area contributed by atoms with Crippen molar-refractivity contribution < 1.29 is 14.3 Å². The normalized spacial score (nSPS) is 12.4. The molecule has 0 saturated carbocycles. The number of ether oxygens (including phenoxy) is 2. The summed E-state index contributed by atoms with van der Waals surface area (Å²) in [5, 5.41) is 5.28. The largest absolute Gasteiger partial charge is 0.493 e. The second-order valence-electron chi connectivity index (χ2n) is 5.50. The van der Waals surface area contributed by atoms with Crippen LogP contribution < -0.4 is 14.8 Å². The van der Waals surface area contributed by atoms with Crippen LogP contribution in [0.25, 0.3) is 11.3 Å². The zero-order chi connectivity index (χ0) is 17.2. The lowest BCUT2D eigenvalue weighted by molar-refractivity contribution is 0.102. The molecule has 0 saturated heterocycles. The van der Waals surface area contributed by atoms with Crippen LogP contribution >= 0.6 is 11.3 Å². The maximum Gasteiger partial charge on any atom is 0.259 e. The summed E-state index contributed by atoms with van der Waals surface area (Å²) in [6.07, 6.45) is 2.39. The van der Waals surface area contributed by atoms with E-state index >= 15 is 0 Å². The predicted octanol–water partition coefficient (Wildman–Crippen LogP) is 3.40. The molecule has 0 spiro atoms. The fourth-order valence-electron chi connectivity index (χ4n) is 2.61. The summed E-state index contributed by atoms with van der Waals surface area (Å²) in [4.78, 5) is 20.8. The highest BCUT2D eigenvalue weighted by molar-refractivity contribution is 7.14. The highest BCUT2D eigenvalue weighted by Crippen LogP contribution is 2.32. The molecule has 3 heterocycles. The Kier molecular flexibility index (Phi) is 4.07. The maximum absolute atomic E-state index is 12.3. The Morgan fingerprint density at radius 2 is 2.24 bits per heavy atom. The van der Waals surface area contributed by atoms with Crippen LogP contribution in [0.1, 0.15) is 15.9 Å². The molecule has 0 fully saturated rings. The number of methoxy groups -OCH3 is 1. The first-order chi connectivity index (χ1) is 12.2. The summed E-state index contributed by atoms with van der Waals surface area (Å²) in [6.45, 7) is 0.729. The Bertz CT molecular complexity index is 922. The van der Waals surface area contributed by atoms with Gasteiger partial charge in [-0.15, -0.1) is 11.3 Å². The molecular formula is C18H15N3O3S. The van der Waals surface area contributed by atoms with Crippen molar-refractivity contribution in [2.75, 3.05) is 19.0 Å². The quantitative estimate of drug-likeness (QED) is 0.778. The Balaban J connectivity index is 1.50. The number of nitrogens with one attached hydrogen (secondary N) is 1. The van der Waals surface area contributed by atoms with E-state index in [9.17, 15) is 4.79 Å². The van der Waals surface area contributed by atoms with Gasteiger partial charge in [0.15, 0.2) is 5.13 Å². The number of amides is 1. The minimum atomic E-state index is -0.251. The Hall–Kier alpha value is -2.93. The van der Waals surface area contributed by atoms with E-state index in [1.807, 2.05) is 17.5 Å². The van der Waals surface area contributed by atoms with Crippen molar-refractivity contribution in [1.82, 2.24) is 9.97 Å². The molecule has 126 valence electrons. The molecule has 0 aliphatic carbocycles. The number of carbonyl (C=O) groups excluding carboxylic acids is 1. The van der Waals surface area contributed by atoms with Crippen molar-refractivity contribution in [3.8, 4) is 22.9 Å². The first-order valence-electron chi connectivity index (χ1n) is 7.76. The van der Waals surface area contributed by atoms with Gasteiger partial charge >= 0.3 is 0 Å². The number of anilines is 1. The Morgan fingerprint density at radius 3 is 3.04 bits per heavy atom. The van der Waals surface area contributed by atoms with Crippen LogP contribution in [0.3, 0.4) is 0 Å². The molecule has 1 amide bonds. The van der Waals surface area contributed by atoms with Gasteiger partial charge in [0.25, 0.3) is 5.91 Å². The zero-order valence-electron chi connectivity index (χ0n) is 13.5. The first kappa shape index (κ1) is 15.6. The predicted molar refractivity (Wildman–Crippen MR) is 95.5 cm³/mol. The molecule has 1 N–H and O–H groups in total. The lowest BCUT2D eigenvalue weighted by atomic mass is 10.1. The van der Waals surface area contributed by atoms with Gasteiger partial charge in [0.1, 0.15) is 5.75 Å². The van der Waals surface area contributed by atoms with Gasteiger partial charge in [-0.1, -0.05) is 0 Å². The number of aromatic nitrogens is 2. The molecule has 0 bridgehead atoms. The van der Waals surface area contributed by atoms with Gasteiger partial charge in [-0.3, -0.25) is 10.1 Å². The van der Waals surface area contributed by atoms with E-state index in [0.717, 1.165) is 30.0 Å². The van der Waals surface area contributed by atoms with Gasteiger partial charge in [0.05, 0.1) is 25.0 Å². The van der Waals surface area contributed by atoms with Gasteiger partial charge in [0, 0.05) is 29.6 Å². The van der Waals surface area contributed by atoms with Gasteiger partial charge < -0.3 is 9.47 Å². The average Bonchev–Trinajstić information content (AvgIpc) is 3.30. The molecule has 0 unspecified atom stereocenters. The van der Waals surface area contributed by atoms with Gasteiger partial charge in [-0.25, -0.2) is 9.97 Å². The van der Waals surface area contributed by atoms with Crippen LogP contribution in [0.4, 0.5) is 5.13 Å². The summed E-state index contributed by atoms with van der Waals surface area (Å²) in [7, 11) is 1.53. The second kappa shape index (κ2) is 6.52. The van der Waals surface area contributed by atoms with Gasteiger partial charge in [0.2, 0.25) is 5.88 Å². The summed E-state index contributed by atoms with van der Waals surface area (Å²) >= 11 is 1.39. The molecule has 2 aromatic heterocycles. The fourth-order valence-corrected chi connectivity index (χ4v) is 3.33. The molecule has 1 aliphatic heterocycles. The third kappa shape index (κ3) is 3.18. The van der Waals surface area contributed by atoms with Crippen LogP contribution in [0.5, 0.6) is 11.6 Å². The van der Waals surface area contributed by atoms with E-state index in [1.165, 1.54) is 30.2 Å². The van der Waals surface area contributed by atoms with Gasteiger partial charge in [-0.2, -0.15) is 0 Å². The number of hydrogen-bond acceptors (Lipinski definition) is 6. The number of thiazole rings is 1. The van der Waals surface area contributed by atoms with Crippen molar-refractivity contribution in [1.29, 1.82) is 0 Å². The monoisotopic (exact) mass is 353 g/mol. The minimum Gasteiger partial charge on any atom is -0.493 e. The van der Waals surface area contributed by atoms with Crippen LogP contribution in [0, 0.1) is 0 Å². The molecule has 0 atom stereocenters. The SMILES string of the molecule is COc1ccc(C(=O)Nc2nc(-c3ccc4c(c3)CCO4)cs2)cn1. The molecular weight excluding hydrogens is 338 g/mol. The minimum absolute atomic E-state index is 0.251. The standard InChI is InChI=1S/C18H15N3O3S/c1-23-16-5-3-13(9-19-16)17(22)21-18-20-14(10-25-18)11-2-4-15-12(8-11)6-7-24-15/h2-5,8-10H,6-7H2,1H3,(H,20,21,22). The first-order valence-corrected chi connectivity index (χ1v) is 8.64. The smallest absolute Gasteiger partial charge is 0.259 e. The van der Waals surface area contributed by atoms with Crippen molar-refractivity contribution in [3.63, 3.8) is 0 Å². The number of carbonyl (C=O) groups is 1. The van der Waals surface area contributed by atoms with Crippen LogP contribution in [0.2, 0.25) is 0 Å². The molecule has 7 heteroatoms. The average molecular weight is 353 g/mol. The highest BCUT2D eigenvalue weighted by Gasteiger charge is 2.15. The van der Waals surface area contributed by atoms with E-state index in [0.29, 0.717) is 16.6 Å². The topological polar surface area (TPSA) is 73.3 Å². The molecule has 3 aromatic rings. The van der Waals surface area contributed by atoms with Crippen molar-refractivity contribution >= 4 is 22.4 Å². The number of benzene rings is 1. The number of nitrogens with zero attached hydrogens (tertiary/aromatic N) is 2. The van der Waals surface area contributed by atoms with Crippen LogP contribution in [-0.2, 0) is 6.42 Å². The second-order valence-corrected chi connectivity index (χ2v) is 6.36. The van der Waals surface area contributed by atoms with E-state index in [1.54, 1.807) is 12.1 Å². The van der Waals surface area contributed by atoms with Crippen molar-refractivity contribution in [3.05, 3.63) is 53.0 Å². The maximum atomic E-state index is 12.3. The summed E-state index contributed by atoms with van der Waals surface area (Å²) < 4.78 is 10.5. The van der Waals surface area contributed by atoms with Crippen LogP contribution in [-0.4, -0.2) is 29.6 Å². The molecule has 6 nitrogen and oxygen atoms in total. The Labute approximate surface area is 148 Å². The van der Waals surface area contributed by atoms with Crippen LogP contribution in [0.15, 0.2) is 41.9 Å². The summed E-state index contributed by atoms with van der Waals surface area (Å²) in [5.41, 5.74) is 3.50. The van der Waals surface area contributed by atoms with Crippen molar-refractivity contribution in [2.45, 2.75) is 6.42 Å². The van der Waals surface area contributed by atoms with E-state index in [2.05, 4.69) is 21.4 Å². The molecule has 25 heavy (non-hydrogen) atoms. The molecule has 4 rings (SSSR count). The third-order valence-corrected chi connectivity index (χ3v) is 4.68. The van der Waals surface area contributed by atoms with E-state index in [4.69, 9.17) is 9.47 Å². The lowest BCUT2D eigenvalue weighted by Gasteiger charge is -2.03. The Morgan fingerprint density at radius 1 is 1.32 bits per heavy atom. The number of rotatable bonds is 4. The van der Waals surface area contributed by atoms with Crippen molar-refractivity contribution in [2.24, 2.45) is 0 Å². The number of hydrogen-bond donors (Lipinski definition) is 1. The number of pyridine rings is 1. The fraction of sp³-hybridized carbons (Fsp3) is 0.167. The zero-order valence-corrected chi connectivity index (χ0v) is 14.3. The lowest BCUT2D eigenvalue weighted by Crippen LogP contribution is -2.12. The highest BCUT2D eigenvalue weighted by atomic mass is 32.1. The number of fused-ring (bicyclic) bond motifs is 1. The molecule has 0 radical (unpaired) electrons. The van der Waals surface area contributed by atoms with E-state index in [-0.39, 0.29) is 5.91 Å². The summed E-state index contributed by atoms with van der Waals surface area (Å²) in [5.74, 6) is 1.16. The summed E-state index contributed by atoms with van der Waals surface area (Å²) in [6, 6.07) is 9.36. The molecule has 1 aromatic carbocycles. The third-order valence-electron chi connectivity index (χ3n) is 3.92. The van der Waals surface area contributed by atoms with E-state index < -0.39 is 0 Å². The molecule has 1 aliphatic rings.